The summed E-state index contributed by atoms with van der Waals surface area (Å²) < 4.78 is 0. The van der Waals surface area contributed by atoms with Crippen molar-refractivity contribution < 1.29 is 9.90 Å². The molecule has 20 heavy (non-hydrogen) atoms. The van der Waals surface area contributed by atoms with Crippen molar-refractivity contribution in [3.63, 3.8) is 0 Å². The maximum atomic E-state index is 12.6. The third kappa shape index (κ3) is 3.97. The molecule has 0 spiro atoms. The molecule has 1 aliphatic rings. The first-order valence-electron chi connectivity index (χ1n) is 7.38. The molecule has 0 radical (unpaired) electrons. The molecule has 4 heteroatoms. The number of carbonyl (C=O) groups excluding carboxylic acids is 1. The summed E-state index contributed by atoms with van der Waals surface area (Å²) in [6.07, 6.45) is 2.31. The molecule has 1 unspecified atom stereocenters. The van der Waals surface area contributed by atoms with Crippen LogP contribution in [0.4, 0.5) is 0 Å². The highest BCUT2D eigenvalue weighted by molar-refractivity contribution is 5.94. The fourth-order valence-electron chi connectivity index (χ4n) is 2.68. The Labute approximate surface area is 120 Å². The summed E-state index contributed by atoms with van der Waals surface area (Å²) in [6, 6.07) is 7.00. The van der Waals surface area contributed by atoms with Gasteiger partial charge >= 0.3 is 0 Å². The predicted octanol–water partition coefficient (Wildman–Crippen LogP) is 2.24. The molecular formula is C16H24N2O2. The van der Waals surface area contributed by atoms with E-state index in [1.807, 2.05) is 4.90 Å². The molecule has 0 bridgehead atoms. The fourth-order valence-corrected chi connectivity index (χ4v) is 2.68. The van der Waals surface area contributed by atoms with Crippen LogP contribution in [0.15, 0.2) is 24.3 Å². The Morgan fingerprint density at radius 3 is 2.90 bits per heavy atom. The van der Waals surface area contributed by atoms with Crippen LogP contribution in [0, 0.1) is 5.92 Å². The van der Waals surface area contributed by atoms with Gasteiger partial charge in [-0.3, -0.25) is 4.79 Å². The average molecular weight is 276 g/mol. The molecule has 0 aliphatic carbocycles. The Bertz CT molecular complexity index is 454. The largest absolute Gasteiger partial charge is 0.508 e. The number of nitrogens with zero attached hydrogens (tertiary/aromatic N) is 1. The van der Waals surface area contributed by atoms with Crippen LogP contribution >= 0.6 is 0 Å². The lowest BCUT2D eigenvalue weighted by Crippen LogP contribution is -2.42. The second-order valence-electron chi connectivity index (χ2n) is 5.95. The maximum absolute atomic E-state index is 12.6. The van der Waals surface area contributed by atoms with Gasteiger partial charge in [0.05, 0.1) is 0 Å². The van der Waals surface area contributed by atoms with E-state index in [-0.39, 0.29) is 11.7 Å². The van der Waals surface area contributed by atoms with Crippen LogP contribution in [-0.2, 0) is 0 Å². The van der Waals surface area contributed by atoms with Crippen LogP contribution in [0.1, 0.15) is 37.0 Å². The minimum absolute atomic E-state index is 0.00306. The van der Waals surface area contributed by atoms with E-state index in [9.17, 15) is 9.90 Å². The molecule has 1 aromatic rings. The number of phenolic OH excluding ortho intramolecular Hbond substituents is 1. The summed E-state index contributed by atoms with van der Waals surface area (Å²) in [4.78, 5) is 14.5. The molecule has 110 valence electrons. The smallest absolute Gasteiger partial charge is 0.254 e. The van der Waals surface area contributed by atoms with Crippen LogP contribution in [-0.4, -0.2) is 41.6 Å². The van der Waals surface area contributed by atoms with E-state index in [1.54, 1.807) is 18.2 Å². The van der Waals surface area contributed by atoms with Crippen LogP contribution in [0.2, 0.25) is 0 Å². The molecular weight excluding hydrogens is 252 g/mol. The van der Waals surface area contributed by atoms with Crippen LogP contribution in [0.5, 0.6) is 5.75 Å². The van der Waals surface area contributed by atoms with E-state index in [2.05, 4.69) is 19.2 Å². The Morgan fingerprint density at radius 2 is 2.30 bits per heavy atom. The van der Waals surface area contributed by atoms with Gasteiger partial charge in [0.25, 0.3) is 5.91 Å². The van der Waals surface area contributed by atoms with Crippen LogP contribution < -0.4 is 5.32 Å². The number of benzene rings is 1. The van der Waals surface area contributed by atoms with Crippen molar-refractivity contribution in [2.24, 2.45) is 5.92 Å². The van der Waals surface area contributed by atoms with E-state index in [4.69, 9.17) is 0 Å². The molecule has 1 aliphatic heterocycles. The molecule has 1 amide bonds. The fraction of sp³-hybridized carbons (Fsp3) is 0.562. The van der Waals surface area contributed by atoms with Crippen molar-refractivity contribution in [2.75, 3.05) is 19.6 Å². The SMILES string of the molecule is CC(C)CN(CC1CCCN1)C(=O)c1cccc(O)c1. The minimum Gasteiger partial charge on any atom is -0.508 e. The summed E-state index contributed by atoms with van der Waals surface area (Å²) in [7, 11) is 0. The van der Waals surface area contributed by atoms with E-state index in [0.29, 0.717) is 17.5 Å². The summed E-state index contributed by atoms with van der Waals surface area (Å²) in [5.74, 6) is 0.570. The topological polar surface area (TPSA) is 52.6 Å². The molecule has 2 rings (SSSR count). The average Bonchev–Trinajstić information content (AvgIpc) is 2.89. The number of rotatable bonds is 5. The lowest BCUT2D eigenvalue weighted by Gasteiger charge is -2.27. The number of phenols is 1. The lowest BCUT2D eigenvalue weighted by atomic mass is 10.1. The van der Waals surface area contributed by atoms with Crippen molar-refractivity contribution in [1.82, 2.24) is 10.2 Å². The van der Waals surface area contributed by atoms with Gasteiger partial charge in [-0.2, -0.15) is 0 Å². The van der Waals surface area contributed by atoms with Gasteiger partial charge in [0.1, 0.15) is 5.75 Å². The zero-order valence-electron chi connectivity index (χ0n) is 12.3. The van der Waals surface area contributed by atoms with Gasteiger partial charge in [-0.15, -0.1) is 0 Å². The highest BCUT2D eigenvalue weighted by atomic mass is 16.3. The van der Waals surface area contributed by atoms with Crippen molar-refractivity contribution in [3.8, 4) is 5.75 Å². The first-order valence-corrected chi connectivity index (χ1v) is 7.38. The second-order valence-corrected chi connectivity index (χ2v) is 5.95. The normalized spacial score (nSPS) is 18.4. The number of amides is 1. The van der Waals surface area contributed by atoms with Crippen molar-refractivity contribution >= 4 is 5.91 Å². The highest BCUT2D eigenvalue weighted by Gasteiger charge is 2.23. The predicted molar refractivity (Wildman–Crippen MR) is 79.9 cm³/mol. The van der Waals surface area contributed by atoms with E-state index >= 15 is 0 Å². The minimum atomic E-state index is 0.00306. The second kappa shape index (κ2) is 6.75. The monoisotopic (exact) mass is 276 g/mol. The standard InChI is InChI=1S/C16H24N2O2/c1-12(2)10-18(11-14-6-4-8-17-14)16(20)13-5-3-7-15(19)9-13/h3,5,7,9,12,14,17,19H,4,6,8,10-11H2,1-2H3. The van der Waals surface area contributed by atoms with Crippen molar-refractivity contribution in [2.45, 2.75) is 32.7 Å². The van der Waals surface area contributed by atoms with Gasteiger partial charge in [0.2, 0.25) is 0 Å². The molecule has 1 aromatic carbocycles. The molecule has 1 heterocycles. The quantitative estimate of drug-likeness (QED) is 0.867. The molecule has 4 nitrogen and oxygen atoms in total. The Kier molecular flexibility index (Phi) is 5.01. The lowest BCUT2D eigenvalue weighted by molar-refractivity contribution is 0.0721. The van der Waals surface area contributed by atoms with E-state index in [1.165, 1.54) is 12.5 Å². The Balaban J connectivity index is 2.10. The van der Waals surface area contributed by atoms with E-state index < -0.39 is 0 Å². The number of aromatic hydroxyl groups is 1. The molecule has 0 saturated carbocycles. The van der Waals surface area contributed by atoms with Gasteiger partial charge in [0.15, 0.2) is 0 Å². The van der Waals surface area contributed by atoms with Gasteiger partial charge < -0.3 is 15.3 Å². The molecule has 2 N–H and O–H groups in total. The Morgan fingerprint density at radius 1 is 1.50 bits per heavy atom. The number of hydrogen-bond donors (Lipinski definition) is 2. The summed E-state index contributed by atoms with van der Waals surface area (Å²) in [6.45, 7) is 6.76. The van der Waals surface area contributed by atoms with Gasteiger partial charge in [0, 0.05) is 24.7 Å². The van der Waals surface area contributed by atoms with Crippen LogP contribution in [0.25, 0.3) is 0 Å². The number of hydrogen-bond acceptors (Lipinski definition) is 3. The molecule has 1 fully saturated rings. The summed E-state index contributed by atoms with van der Waals surface area (Å²) in [5.41, 5.74) is 0.559. The first kappa shape index (κ1) is 14.9. The van der Waals surface area contributed by atoms with Crippen LogP contribution in [0.3, 0.4) is 0 Å². The van der Waals surface area contributed by atoms with Gasteiger partial charge in [-0.1, -0.05) is 19.9 Å². The molecule has 1 atom stereocenters. The third-order valence-corrected chi connectivity index (χ3v) is 3.57. The first-order chi connectivity index (χ1) is 9.56. The third-order valence-electron chi connectivity index (χ3n) is 3.57. The summed E-state index contributed by atoms with van der Waals surface area (Å²) in [5, 5.41) is 13.0. The zero-order chi connectivity index (χ0) is 14.5. The highest BCUT2D eigenvalue weighted by Crippen LogP contribution is 2.16. The van der Waals surface area contributed by atoms with E-state index in [0.717, 1.165) is 26.1 Å². The van der Waals surface area contributed by atoms with Crippen molar-refractivity contribution in [3.05, 3.63) is 29.8 Å². The number of nitrogens with one attached hydrogen (secondary N) is 1. The summed E-state index contributed by atoms with van der Waals surface area (Å²) >= 11 is 0. The maximum Gasteiger partial charge on any atom is 0.254 e. The molecule has 0 aromatic heterocycles. The zero-order valence-corrected chi connectivity index (χ0v) is 12.3. The van der Waals surface area contributed by atoms with Crippen molar-refractivity contribution in [1.29, 1.82) is 0 Å². The van der Waals surface area contributed by atoms with Gasteiger partial charge in [-0.05, 0) is 43.5 Å². The van der Waals surface area contributed by atoms with Gasteiger partial charge in [-0.25, -0.2) is 0 Å². The number of carbonyl (C=O) groups is 1. The molecule has 1 saturated heterocycles. The Hall–Kier alpha value is -1.55.